The fourth-order valence-electron chi connectivity index (χ4n) is 0.939. The molecule has 0 aromatic carbocycles. The van der Waals surface area contributed by atoms with E-state index < -0.39 is 11.6 Å². The molecule has 0 N–H and O–H groups in total. The Morgan fingerprint density at radius 1 is 1.43 bits per heavy atom. The second-order valence-electron chi connectivity index (χ2n) is 4.06. The van der Waals surface area contributed by atoms with Gasteiger partial charge < -0.3 is 4.74 Å². The lowest BCUT2D eigenvalue weighted by Crippen LogP contribution is -2.25. The summed E-state index contributed by atoms with van der Waals surface area (Å²) in [6.45, 7) is 7.24. The first-order valence-electron chi connectivity index (χ1n) is 4.40. The second kappa shape index (κ2) is 3.74. The van der Waals surface area contributed by atoms with Gasteiger partial charge in [-0.15, -0.1) is 0 Å². The minimum atomic E-state index is -0.492. The summed E-state index contributed by atoms with van der Waals surface area (Å²) in [6.07, 6.45) is 2.93. The molecule has 4 nitrogen and oxygen atoms in total. The SMILES string of the molecule is Cc1cncnc1C(=O)OC(C)(C)C. The van der Waals surface area contributed by atoms with Crippen LogP contribution in [0.15, 0.2) is 12.5 Å². The van der Waals surface area contributed by atoms with E-state index in [1.807, 2.05) is 20.8 Å². The highest BCUT2D eigenvalue weighted by Gasteiger charge is 2.20. The summed E-state index contributed by atoms with van der Waals surface area (Å²) in [4.78, 5) is 19.3. The lowest BCUT2D eigenvalue weighted by molar-refractivity contribution is 0.00617. The minimum absolute atomic E-state index is 0.329. The average molecular weight is 194 g/mol. The third kappa shape index (κ3) is 2.80. The van der Waals surface area contributed by atoms with Crippen LogP contribution >= 0.6 is 0 Å². The number of aromatic nitrogens is 2. The number of carbonyl (C=O) groups is 1. The average Bonchev–Trinajstić information content (AvgIpc) is 2.01. The van der Waals surface area contributed by atoms with Gasteiger partial charge >= 0.3 is 5.97 Å². The molecule has 0 saturated carbocycles. The smallest absolute Gasteiger partial charge is 0.357 e. The molecule has 1 aromatic rings. The van der Waals surface area contributed by atoms with E-state index in [2.05, 4.69) is 9.97 Å². The molecule has 1 heterocycles. The molecule has 0 saturated heterocycles. The highest BCUT2D eigenvalue weighted by molar-refractivity contribution is 5.88. The predicted molar refractivity (Wildman–Crippen MR) is 51.9 cm³/mol. The number of aryl methyl sites for hydroxylation is 1. The summed E-state index contributed by atoms with van der Waals surface area (Å²) in [5.41, 5.74) is 0.561. The monoisotopic (exact) mass is 194 g/mol. The molecule has 0 radical (unpaired) electrons. The zero-order valence-electron chi connectivity index (χ0n) is 8.87. The summed E-state index contributed by atoms with van der Waals surface area (Å²) >= 11 is 0. The number of carbonyl (C=O) groups excluding carboxylic acids is 1. The number of hydrogen-bond acceptors (Lipinski definition) is 4. The van der Waals surface area contributed by atoms with Crippen molar-refractivity contribution in [2.75, 3.05) is 0 Å². The summed E-state index contributed by atoms with van der Waals surface area (Å²) in [5, 5.41) is 0. The highest BCUT2D eigenvalue weighted by atomic mass is 16.6. The van der Waals surface area contributed by atoms with E-state index in [-0.39, 0.29) is 0 Å². The quantitative estimate of drug-likeness (QED) is 0.639. The van der Waals surface area contributed by atoms with Gasteiger partial charge in [0.05, 0.1) is 0 Å². The summed E-state index contributed by atoms with van der Waals surface area (Å²) in [7, 11) is 0. The van der Waals surface area contributed by atoms with Gasteiger partial charge in [0.15, 0.2) is 5.69 Å². The van der Waals surface area contributed by atoms with Gasteiger partial charge in [0, 0.05) is 11.8 Å². The van der Waals surface area contributed by atoms with E-state index in [4.69, 9.17) is 4.74 Å². The maximum atomic E-state index is 11.6. The van der Waals surface area contributed by atoms with E-state index in [0.29, 0.717) is 5.69 Å². The van der Waals surface area contributed by atoms with Crippen molar-refractivity contribution in [3.8, 4) is 0 Å². The van der Waals surface area contributed by atoms with Gasteiger partial charge in [-0.2, -0.15) is 0 Å². The van der Waals surface area contributed by atoms with Crippen molar-refractivity contribution < 1.29 is 9.53 Å². The molecule has 14 heavy (non-hydrogen) atoms. The van der Waals surface area contributed by atoms with E-state index in [0.717, 1.165) is 5.56 Å². The van der Waals surface area contributed by atoms with Crippen LogP contribution in [0.25, 0.3) is 0 Å². The molecule has 0 fully saturated rings. The molecule has 0 aliphatic heterocycles. The maximum absolute atomic E-state index is 11.6. The molecular formula is C10H14N2O2. The first kappa shape index (κ1) is 10.6. The Labute approximate surface area is 83.3 Å². The van der Waals surface area contributed by atoms with Gasteiger partial charge in [0.2, 0.25) is 0 Å². The Bertz CT molecular complexity index is 342. The van der Waals surface area contributed by atoms with Gasteiger partial charge in [-0.3, -0.25) is 0 Å². The largest absolute Gasteiger partial charge is 0.455 e. The van der Waals surface area contributed by atoms with E-state index >= 15 is 0 Å². The molecule has 0 spiro atoms. The lowest BCUT2D eigenvalue weighted by atomic mass is 10.2. The molecule has 0 amide bonds. The van der Waals surface area contributed by atoms with E-state index in [1.165, 1.54) is 6.33 Å². The Morgan fingerprint density at radius 2 is 2.07 bits per heavy atom. The van der Waals surface area contributed by atoms with Crippen LogP contribution in [-0.4, -0.2) is 21.5 Å². The highest BCUT2D eigenvalue weighted by Crippen LogP contribution is 2.12. The second-order valence-corrected chi connectivity index (χ2v) is 4.06. The van der Waals surface area contributed by atoms with Crippen LogP contribution in [0.3, 0.4) is 0 Å². The fourth-order valence-corrected chi connectivity index (χ4v) is 0.939. The Morgan fingerprint density at radius 3 is 2.57 bits per heavy atom. The summed E-state index contributed by atoms with van der Waals surface area (Å²) in [6, 6.07) is 0. The van der Waals surface area contributed by atoms with E-state index in [1.54, 1.807) is 13.1 Å². The van der Waals surface area contributed by atoms with Crippen LogP contribution < -0.4 is 0 Å². The van der Waals surface area contributed by atoms with Crippen molar-refractivity contribution in [3.63, 3.8) is 0 Å². The van der Waals surface area contributed by atoms with Crippen LogP contribution in [0.5, 0.6) is 0 Å². The van der Waals surface area contributed by atoms with Gasteiger partial charge in [-0.05, 0) is 27.7 Å². The van der Waals surface area contributed by atoms with Crippen molar-refractivity contribution in [1.82, 2.24) is 9.97 Å². The Balaban J connectivity index is 2.86. The molecule has 0 unspecified atom stereocenters. The molecular weight excluding hydrogens is 180 g/mol. The topological polar surface area (TPSA) is 52.1 Å². The Hall–Kier alpha value is -1.45. The number of rotatable bonds is 1. The van der Waals surface area contributed by atoms with Gasteiger partial charge in [-0.25, -0.2) is 14.8 Å². The van der Waals surface area contributed by atoms with E-state index in [9.17, 15) is 4.79 Å². The van der Waals surface area contributed by atoms with Crippen molar-refractivity contribution in [1.29, 1.82) is 0 Å². The van der Waals surface area contributed by atoms with Crippen LogP contribution in [0.1, 0.15) is 36.8 Å². The summed E-state index contributed by atoms with van der Waals surface area (Å²) < 4.78 is 5.18. The third-order valence-corrected chi connectivity index (χ3v) is 1.49. The minimum Gasteiger partial charge on any atom is -0.455 e. The third-order valence-electron chi connectivity index (χ3n) is 1.49. The van der Waals surface area contributed by atoms with Crippen molar-refractivity contribution in [2.45, 2.75) is 33.3 Å². The molecule has 1 aromatic heterocycles. The van der Waals surface area contributed by atoms with Gasteiger partial charge in [0.1, 0.15) is 11.9 Å². The fraction of sp³-hybridized carbons (Fsp3) is 0.500. The normalized spacial score (nSPS) is 11.1. The van der Waals surface area contributed by atoms with Gasteiger partial charge in [-0.1, -0.05) is 0 Å². The van der Waals surface area contributed by atoms with Crippen LogP contribution in [0, 0.1) is 6.92 Å². The number of ether oxygens (including phenoxy) is 1. The van der Waals surface area contributed by atoms with Crippen molar-refractivity contribution in [2.24, 2.45) is 0 Å². The van der Waals surface area contributed by atoms with Crippen LogP contribution in [-0.2, 0) is 4.74 Å². The zero-order valence-corrected chi connectivity index (χ0v) is 8.87. The van der Waals surface area contributed by atoms with Crippen LogP contribution in [0.2, 0.25) is 0 Å². The molecule has 76 valence electrons. The molecule has 0 aliphatic carbocycles. The number of hydrogen-bond donors (Lipinski definition) is 0. The molecule has 4 heteroatoms. The first-order chi connectivity index (χ1) is 6.40. The number of nitrogens with zero attached hydrogens (tertiary/aromatic N) is 2. The molecule has 0 bridgehead atoms. The maximum Gasteiger partial charge on any atom is 0.357 e. The lowest BCUT2D eigenvalue weighted by Gasteiger charge is -2.19. The predicted octanol–water partition coefficient (Wildman–Crippen LogP) is 1.74. The molecule has 0 aliphatic rings. The molecule has 1 rings (SSSR count). The molecule has 0 atom stereocenters. The zero-order chi connectivity index (χ0) is 10.8. The van der Waals surface area contributed by atoms with Gasteiger partial charge in [0.25, 0.3) is 0 Å². The summed E-state index contributed by atoms with van der Waals surface area (Å²) in [5.74, 6) is -0.405. The first-order valence-corrected chi connectivity index (χ1v) is 4.40. The van der Waals surface area contributed by atoms with Crippen molar-refractivity contribution >= 4 is 5.97 Å². The Kier molecular flexibility index (Phi) is 2.84. The number of esters is 1. The standard InChI is InChI=1S/C10H14N2O2/c1-7-5-11-6-12-8(7)9(13)14-10(2,3)4/h5-6H,1-4H3. The van der Waals surface area contributed by atoms with Crippen LogP contribution in [0.4, 0.5) is 0 Å². The van der Waals surface area contributed by atoms with Crippen molar-refractivity contribution in [3.05, 3.63) is 23.8 Å².